The second-order valence-electron chi connectivity index (χ2n) is 9.56. The van der Waals surface area contributed by atoms with Gasteiger partial charge in [0.2, 0.25) is 0 Å². The number of hydrogen-bond acceptors (Lipinski definition) is 4. The van der Waals surface area contributed by atoms with Gasteiger partial charge in [-0.1, -0.05) is 58.9 Å². The zero-order valence-electron chi connectivity index (χ0n) is 16.0. The Kier molecular flexibility index (Phi) is 4.04. The van der Waals surface area contributed by atoms with Crippen molar-refractivity contribution in [3.8, 4) is 0 Å². The van der Waals surface area contributed by atoms with Crippen LogP contribution in [0.1, 0.15) is 5.69 Å². The van der Waals surface area contributed by atoms with Crippen molar-refractivity contribution in [1.29, 1.82) is 5.41 Å². The van der Waals surface area contributed by atoms with Gasteiger partial charge in [0.15, 0.2) is 14.1 Å². The maximum atomic E-state index is 8.84. The van der Waals surface area contributed by atoms with E-state index in [9.17, 15) is 0 Å². The SMILES string of the molecule is C[Si](C)(C)c1nc2c([nH]1)C(=N)N([Si](C)(C)C)C(N)([Si](C)(C)C)N2. The molecular formula is C14H32N6Si3. The van der Waals surface area contributed by atoms with E-state index in [-0.39, 0.29) is 0 Å². The minimum atomic E-state index is -1.86. The molecule has 0 aromatic carbocycles. The van der Waals surface area contributed by atoms with Crippen molar-refractivity contribution in [2.45, 2.75) is 64.3 Å². The van der Waals surface area contributed by atoms with Gasteiger partial charge in [-0.3, -0.25) is 11.1 Å². The van der Waals surface area contributed by atoms with E-state index in [0.29, 0.717) is 5.84 Å². The fourth-order valence-electron chi connectivity index (χ4n) is 2.90. The first kappa shape index (κ1) is 18.4. The number of hydrogen-bond donors (Lipinski definition) is 4. The number of amidine groups is 1. The molecule has 0 bridgehead atoms. The van der Waals surface area contributed by atoms with E-state index < -0.39 is 29.8 Å². The summed E-state index contributed by atoms with van der Waals surface area (Å²) in [6.07, 6.45) is 0. The molecule has 0 spiro atoms. The highest BCUT2D eigenvalue weighted by Gasteiger charge is 2.54. The minimum Gasteiger partial charge on any atom is -0.352 e. The molecule has 0 saturated heterocycles. The van der Waals surface area contributed by atoms with E-state index >= 15 is 0 Å². The lowest BCUT2D eigenvalue weighted by molar-refractivity contribution is 0.404. The van der Waals surface area contributed by atoms with Gasteiger partial charge < -0.3 is 14.9 Å². The largest absolute Gasteiger partial charge is 0.352 e. The molecule has 0 saturated carbocycles. The molecule has 1 unspecified atom stereocenters. The average molecular weight is 369 g/mol. The summed E-state index contributed by atoms with van der Waals surface area (Å²) in [5.74, 6) is 1.26. The first-order valence-electron chi connectivity index (χ1n) is 8.16. The number of nitrogens with zero attached hydrogens (tertiary/aromatic N) is 2. The van der Waals surface area contributed by atoms with Gasteiger partial charge in [-0.15, -0.1) is 0 Å². The Balaban J connectivity index is 2.67. The monoisotopic (exact) mass is 368 g/mol. The molecule has 0 aliphatic carbocycles. The van der Waals surface area contributed by atoms with Crippen LogP contribution in [0.5, 0.6) is 0 Å². The van der Waals surface area contributed by atoms with Crippen molar-refractivity contribution in [2.24, 2.45) is 5.73 Å². The number of rotatable bonds is 3. The lowest BCUT2D eigenvalue weighted by Crippen LogP contribution is -2.81. The van der Waals surface area contributed by atoms with Crippen molar-refractivity contribution in [3.05, 3.63) is 5.69 Å². The first-order valence-corrected chi connectivity index (χ1v) is 18.6. The summed E-state index contributed by atoms with van der Waals surface area (Å²) in [7, 11) is -5.29. The van der Waals surface area contributed by atoms with Crippen LogP contribution in [0.4, 0.5) is 5.82 Å². The first-order chi connectivity index (χ1) is 10.1. The number of aromatic amines is 1. The summed E-state index contributed by atoms with van der Waals surface area (Å²) >= 11 is 0. The molecule has 6 nitrogen and oxygen atoms in total. The lowest BCUT2D eigenvalue weighted by atomic mass is 10.3. The highest BCUT2D eigenvalue weighted by molar-refractivity contribution is 6.87. The summed E-state index contributed by atoms with van der Waals surface area (Å²) in [6.45, 7) is 20.2. The Morgan fingerprint density at radius 1 is 1.04 bits per heavy atom. The van der Waals surface area contributed by atoms with Crippen LogP contribution >= 0.6 is 0 Å². The van der Waals surface area contributed by atoms with Crippen LogP contribution in [-0.2, 0) is 0 Å². The second-order valence-corrected chi connectivity index (χ2v) is 24.6. The molecule has 9 heteroatoms. The zero-order valence-corrected chi connectivity index (χ0v) is 19.0. The molecule has 0 fully saturated rings. The molecule has 1 atom stereocenters. The third-order valence-corrected chi connectivity index (χ3v) is 10.8. The lowest BCUT2D eigenvalue weighted by Gasteiger charge is -2.57. The number of imidazole rings is 1. The predicted octanol–water partition coefficient (Wildman–Crippen LogP) is 2.33. The number of nitrogens with one attached hydrogen (secondary N) is 3. The molecule has 0 amide bonds. The van der Waals surface area contributed by atoms with E-state index in [2.05, 4.69) is 73.8 Å². The maximum absolute atomic E-state index is 8.84. The molecule has 23 heavy (non-hydrogen) atoms. The average Bonchev–Trinajstić information content (AvgIpc) is 2.68. The Morgan fingerprint density at radius 3 is 1.96 bits per heavy atom. The molecular weight excluding hydrogens is 336 g/mol. The van der Waals surface area contributed by atoms with Crippen LogP contribution in [0.3, 0.4) is 0 Å². The van der Waals surface area contributed by atoms with E-state index in [1.807, 2.05) is 0 Å². The third kappa shape index (κ3) is 2.94. The van der Waals surface area contributed by atoms with E-state index in [4.69, 9.17) is 16.1 Å². The van der Waals surface area contributed by atoms with Gasteiger partial charge in [0, 0.05) is 0 Å². The Hall–Kier alpha value is -0.909. The topological polar surface area (TPSA) is 93.8 Å². The standard InChI is InChI=1S/C14H32N6Si3/c1-21(2,3)13-17-10-11(15)20(23(7,8)9)14(16,22(4,5)6)19-12(10)18-13/h15,19H,16H2,1-9H3,(H,17,18). The van der Waals surface area contributed by atoms with Gasteiger partial charge in [-0.2, -0.15) is 0 Å². The van der Waals surface area contributed by atoms with Crippen LogP contribution in [0, 0.1) is 5.41 Å². The number of nitrogens with two attached hydrogens (primary N) is 1. The van der Waals surface area contributed by atoms with E-state index in [0.717, 1.165) is 17.0 Å². The van der Waals surface area contributed by atoms with Gasteiger partial charge in [0.1, 0.15) is 33.1 Å². The van der Waals surface area contributed by atoms with Crippen LogP contribution in [-0.4, -0.2) is 50.2 Å². The zero-order chi connectivity index (χ0) is 18.0. The fourth-order valence-corrected chi connectivity index (χ4v) is 9.03. The highest BCUT2D eigenvalue weighted by atomic mass is 28.3. The van der Waals surface area contributed by atoms with Gasteiger partial charge >= 0.3 is 0 Å². The fraction of sp³-hybridized carbons (Fsp3) is 0.714. The second kappa shape index (κ2) is 5.04. The van der Waals surface area contributed by atoms with Crippen LogP contribution in [0.2, 0.25) is 58.9 Å². The van der Waals surface area contributed by atoms with Gasteiger partial charge in [-0.25, -0.2) is 4.98 Å². The molecule has 2 rings (SSSR count). The van der Waals surface area contributed by atoms with Gasteiger partial charge in [0.25, 0.3) is 0 Å². The molecule has 5 N–H and O–H groups in total. The van der Waals surface area contributed by atoms with Gasteiger partial charge in [-0.05, 0) is 0 Å². The summed E-state index contributed by atoms with van der Waals surface area (Å²) in [4.78, 5) is 8.20. The Bertz CT molecular complexity index is 634. The molecule has 2 heterocycles. The van der Waals surface area contributed by atoms with Crippen LogP contribution in [0.15, 0.2) is 0 Å². The van der Waals surface area contributed by atoms with Crippen LogP contribution < -0.4 is 16.5 Å². The summed E-state index contributed by atoms with van der Waals surface area (Å²) in [5, 5.41) is 12.4. The minimum absolute atomic E-state index is 0.500. The quantitative estimate of drug-likeness (QED) is 0.616. The van der Waals surface area contributed by atoms with Crippen LogP contribution in [0.25, 0.3) is 0 Å². The van der Waals surface area contributed by atoms with Crippen molar-refractivity contribution >= 4 is 41.5 Å². The Labute approximate surface area is 142 Å². The van der Waals surface area contributed by atoms with Crippen molar-refractivity contribution in [3.63, 3.8) is 0 Å². The normalized spacial score (nSPS) is 22.9. The predicted molar refractivity (Wildman–Crippen MR) is 107 cm³/mol. The van der Waals surface area contributed by atoms with E-state index in [1.165, 1.54) is 0 Å². The smallest absolute Gasteiger partial charge is 0.157 e. The van der Waals surface area contributed by atoms with E-state index in [1.54, 1.807) is 0 Å². The van der Waals surface area contributed by atoms with Crippen molar-refractivity contribution in [2.75, 3.05) is 5.32 Å². The molecule has 1 aliphatic heterocycles. The molecule has 1 aromatic rings. The van der Waals surface area contributed by atoms with Crippen molar-refractivity contribution < 1.29 is 0 Å². The molecule has 1 aliphatic rings. The van der Waals surface area contributed by atoms with Gasteiger partial charge in [0.05, 0.1) is 5.45 Å². The Morgan fingerprint density at radius 2 is 1.57 bits per heavy atom. The summed E-state index contributed by atoms with van der Waals surface area (Å²) in [5.41, 5.74) is 8.05. The van der Waals surface area contributed by atoms with Crippen molar-refractivity contribution in [1.82, 2.24) is 14.5 Å². The molecule has 0 radical (unpaired) electrons. The number of anilines is 1. The summed E-state index contributed by atoms with van der Waals surface area (Å²) < 4.78 is 2.17. The summed E-state index contributed by atoms with van der Waals surface area (Å²) in [6, 6.07) is 0. The molecule has 130 valence electrons. The highest BCUT2D eigenvalue weighted by Crippen LogP contribution is 2.35. The maximum Gasteiger partial charge on any atom is 0.157 e. The number of H-pyrrole nitrogens is 1. The molecule has 1 aromatic heterocycles. The number of fused-ring (bicyclic) bond motifs is 1. The number of aromatic nitrogens is 2. The third-order valence-electron chi connectivity index (χ3n) is 4.35.